The van der Waals surface area contributed by atoms with Crippen molar-refractivity contribution in [3.05, 3.63) is 52.0 Å². The number of benzene rings is 1. The van der Waals surface area contributed by atoms with Crippen LogP contribution in [0, 0.1) is 18.3 Å². The molecular weight excluding hydrogens is 230 g/mol. The molecule has 17 heavy (non-hydrogen) atoms. The summed E-state index contributed by atoms with van der Waals surface area (Å²) in [5.41, 5.74) is 8.39. The van der Waals surface area contributed by atoms with Crippen LogP contribution in [0.15, 0.2) is 35.7 Å². The Bertz CT molecular complexity index is 591. The predicted molar refractivity (Wildman–Crippen MR) is 69.9 cm³/mol. The highest BCUT2D eigenvalue weighted by Gasteiger charge is 2.10. The maximum atomic E-state index is 9.21. The Morgan fingerprint density at radius 3 is 2.59 bits per heavy atom. The molecule has 0 aliphatic heterocycles. The van der Waals surface area contributed by atoms with Crippen molar-refractivity contribution in [1.82, 2.24) is 4.98 Å². The van der Waals surface area contributed by atoms with E-state index in [1.807, 2.05) is 42.6 Å². The van der Waals surface area contributed by atoms with Crippen LogP contribution in [0.2, 0.25) is 0 Å². The molecule has 0 aliphatic rings. The van der Waals surface area contributed by atoms with Gasteiger partial charge < -0.3 is 5.73 Å². The third-order valence-corrected chi connectivity index (χ3v) is 3.11. The second kappa shape index (κ2) is 4.81. The molecule has 3 nitrogen and oxygen atoms in total. The molecule has 4 heteroatoms. The van der Waals surface area contributed by atoms with Gasteiger partial charge in [0.25, 0.3) is 0 Å². The number of allylic oxidation sites excluding steroid dienone is 1. The van der Waals surface area contributed by atoms with Gasteiger partial charge in [0.15, 0.2) is 0 Å². The fraction of sp³-hybridized carbons (Fsp3) is 0.0769. The van der Waals surface area contributed by atoms with E-state index < -0.39 is 0 Å². The second-order valence-corrected chi connectivity index (χ2v) is 4.58. The number of nitrogens with two attached hydrogens (primary N) is 1. The molecule has 0 fully saturated rings. The van der Waals surface area contributed by atoms with Crippen LogP contribution >= 0.6 is 11.3 Å². The second-order valence-electron chi connectivity index (χ2n) is 3.52. The van der Waals surface area contributed by atoms with Crippen LogP contribution in [0.3, 0.4) is 0 Å². The molecule has 84 valence electrons. The SMILES string of the molecule is Cc1nc(/C(N)=C(/C#N)c2ccccc2)cs1. The molecule has 0 atom stereocenters. The zero-order chi connectivity index (χ0) is 12.3. The van der Waals surface area contributed by atoms with Gasteiger partial charge in [-0.05, 0) is 12.5 Å². The number of thiazole rings is 1. The molecule has 0 radical (unpaired) electrons. The van der Waals surface area contributed by atoms with E-state index in [0.29, 0.717) is 17.0 Å². The van der Waals surface area contributed by atoms with Crippen LogP contribution in [-0.4, -0.2) is 4.98 Å². The Kier molecular flexibility index (Phi) is 3.22. The Balaban J connectivity index is 2.52. The van der Waals surface area contributed by atoms with Crippen molar-refractivity contribution in [2.45, 2.75) is 6.92 Å². The van der Waals surface area contributed by atoms with Gasteiger partial charge in [-0.2, -0.15) is 5.26 Å². The van der Waals surface area contributed by atoms with Crippen molar-refractivity contribution in [3.8, 4) is 6.07 Å². The number of nitriles is 1. The largest absolute Gasteiger partial charge is 0.396 e. The molecular formula is C13H11N3S. The Labute approximate surface area is 104 Å². The van der Waals surface area contributed by atoms with Gasteiger partial charge >= 0.3 is 0 Å². The van der Waals surface area contributed by atoms with E-state index in [9.17, 15) is 5.26 Å². The summed E-state index contributed by atoms with van der Waals surface area (Å²) in [7, 11) is 0. The lowest BCUT2D eigenvalue weighted by atomic mass is 10.0. The van der Waals surface area contributed by atoms with Gasteiger partial charge in [0.2, 0.25) is 0 Å². The van der Waals surface area contributed by atoms with E-state index in [-0.39, 0.29) is 0 Å². The lowest BCUT2D eigenvalue weighted by Gasteiger charge is -2.02. The maximum absolute atomic E-state index is 9.21. The van der Waals surface area contributed by atoms with Gasteiger partial charge in [0, 0.05) is 5.38 Å². The highest BCUT2D eigenvalue weighted by atomic mass is 32.1. The quantitative estimate of drug-likeness (QED) is 0.822. The highest BCUT2D eigenvalue weighted by Crippen LogP contribution is 2.22. The number of aromatic nitrogens is 1. The van der Waals surface area contributed by atoms with Gasteiger partial charge in [0.1, 0.15) is 6.07 Å². The number of rotatable bonds is 2. The molecule has 0 aliphatic carbocycles. The molecule has 0 spiro atoms. The molecule has 2 rings (SSSR count). The number of nitrogens with zero attached hydrogens (tertiary/aromatic N) is 2. The standard InChI is InChI=1S/C13H11N3S/c1-9-16-12(8-17-9)13(15)11(7-14)10-5-3-2-4-6-10/h2-6,8H,15H2,1H3/b13-11+. The molecule has 0 saturated heterocycles. The summed E-state index contributed by atoms with van der Waals surface area (Å²) in [4.78, 5) is 4.29. The van der Waals surface area contributed by atoms with E-state index in [1.165, 1.54) is 11.3 Å². The third-order valence-electron chi connectivity index (χ3n) is 2.34. The molecule has 2 N–H and O–H groups in total. The van der Waals surface area contributed by atoms with Crippen LogP contribution in [0.25, 0.3) is 11.3 Å². The lowest BCUT2D eigenvalue weighted by molar-refractivity contribution is 1.25. The Hall–Kier alpha value is -2.12. The third kappa shape index (κ3) is 2.35. The maximum Gasteiger partial charge on any atom is 0.102 e. The molecule has 1 aromatic carbocycles. The number of hydrogen-bond acceptors (Lipinski definition) is 4. The summed E-state index contributed by atoms with van der Waals surface area (Å²) in [6.45, 7) is 1.91. The van der Waals surface area contributed by atoms with Crippen molar-refractivity contribution in [2.24, 2.45) is 5.73 Å². The summed E-state index contributed by atoms with van der Waals surface area (Å²) in [5, 5.41) is 12.0. The summed E-state index contributed by atoms with van der Waals surface area (Å²) in [6.07, 6.45) is 0. The van der Waals surface area contributed by atoms with Crippen molar-refractivity contribution in [2.75, 3.05) is 0 Å². The normalized spacial score (nSPS) is 11.8. The van der Waals surface area contributed by atoms with Gasteiger partial charge in [-0.1, -0.05) is 30.3 Å². The minimum Gasteiger partial charge on any atom is -0.396 e. The molecule has 1 heterocycles. The summed E-state index contributed by atoms with van der Waals surface area (Å²) in [6, 6.07) is 11.5. The molecule has 0 bridgehead atoms. The predicted octanol–water partition coefficient (Wildman–Crippen LogP) is 2.80. The fourth-order valence-electron chi connectivity index (χ4n) is 1.50. The van der Waals surface area contributed by atoms with Crippen LogP contribution in [-0.2, 0) is 0 Å². The first kappa shape index (κ1) is 11.4. The van der Waals surface area contributed by atoms with E-state index in [2.05, 4.69) is 11.1 Å². The molecule has 2 aromatic rings. The van der Waals surface area contributed by atoms with E-state index in [0.717, 1.165) is 10.6 Å². The average molecular weight is 241 g/mol. The first-order valence-electron chi connectivity index (χ1n) is 5.10. The van der Waals surface area contributed by atoms with Crippen LogP contribution < -0.4 is 5.73 Å². The van der Waals surface area contributed by atoms with E-state index in [1.54, 1.807) is 0 Å². The summed E-state index contributed by atoms with van der Waals surface area (Å²) < 4.78 is 0. The zero-order valence-corrected chi connectivity index (χ0v) is 10.2. The molecule has 1 aromatic heterocycles. The van der Waals surface area contributed by atoms with Crippen molar-refractivity contribution < 1.29 is 0 Å². The van der Waals surface area contributed by atoms with Gasteiger partial charge in [0.05, 0.1) is 22.0 Å². The minimum atomic E-state index is 0.433. The number of hydrogen-bond donors (Lipinski definition) is 1. The highest BCUT2D eigenvalue weighted by molar-refractivity contribution is 7.09. The number of aryl methyl sites for hydroxylation is 1. The van der Waals surface area contributed by atoms with E-state index >= 15 is 0 Å². The summed E-state index contributed by atoms with van der Waals surface area (Å²) >= 11 is 1.52. The first-order valence-corrected chi connectivity index (χ1v) is 5.98. The summed E-state index contributed by atoms with van der Waals surface area (Å²) in [5.74, 6) is 0. The van der Waals surface area contributed by atoms with Crippen molar-refractivity contribution in [3.63, 3.8) is 0 Å². The van der Waals surface area contributed by atoms with Gasteiger partial charge in [-0.25, -0.2) is 4.98 Å². The average Bonchev–Trinajstić information content (AvgIpc) is 2.78. The van der Waals surface area contributed by atoms with Crippen LogP contribution in [0.5, 0.6) is 0 Å². The molecule has 0 saturated carbocycles. The topological polar surface area (TPSA) is 62.7 Å². The lowest BCUT2D eigenvalue weighted by Crippen LogP contribution is -2.01. The van der Waals surface area contributed by atoms with Gasteiger partial charge in [-0.3, -0.25) is 0 Å². The zero-order valence-electron chi connectivity index (χ0n) is 9.34. The van der Waals surface area contributed by atoms with Crippen molar-refractivity contribution >= 4 is 22.6 Å². The smallest absolute Gasteiger partial charge is 0.102 e. The van der Waals surface area contributed by atoms with Crippen molar-refractivity contribution in [1.29, 1.82) is 5.26 Å². The Morgan fingerprint density at radius 1 is 1.35 bits per heavy atom. The van der Waals surface area contributed by atoms with Crippen LogP contribution in [0.1, 0.15) is 16.3 Å². The van der Waals surface area contributed by atoms with Gasteiger partial charge in [-0.15, -0.1) is 11.3 Å². The van der Waals surface area contributed by atoms with E-state index in [4.69, 9.17) is 5.73 Å². The first-order chi connectivity index (χ1) is 8.22. The Morgan fingerprint density at radius 2 is 2.06 bits per heavy atom. The monoisotopic (exact) mass is 241 g/mol. The van der Waals surface area contributed by atoms with Crippen LogP contribution in [0.4, 0.5) is 0 Å². The minimum absolute atomic E-state index is 0.433. The molecule has 0 unspecified atom stereocenters. The fourth-order valence-corrected chi connectivity index (χ4v) is 2.11. The molecule has 0 amide bonds.